The number of carbonyl (C=O) groups excluding carboxylic acids is 2. The molecule has 2 aromatic carbocycles. The molecule has 9 nitrogen and oxygen atoms in total. The largest absolute Gasteiger partial charge is 0.463 e. The Bertz CT molecular complexity index is 1240. The Morgan fingerprint density at radius 1 is 0.889 bits per heavy atom. The van der Waals surface area contributed by atoms with Crippen molar-refractivity contribution in [2.24, 2.45) is 5.14 Å². The fraction of sp³-hybridized carbons (Fsp3) is 0.308. The lowest BCUT2D eigenvalue weighted by molar-refractivity contribution is -0.139. The summed E-state index contributed by atoms with van der Waals surface area (Å²) in [7, 11) is -3.81. The second kappa shape index (κ2) is 11.4. The van der Waals surface area contributed by atoms with E-state index in [2.05, 4.69) is 5.32 Å². The second-order valence-corrected chi connectivity index (χ2v) is 9.68. The van der Waals surface area contributed by atoms with E-state index in [9.17, 15) is 18.0 Å². The first-order chi connectivity index (χ1) is 17.1. The molecule has 1 aliphatic heterocycles. The van der Waals surface area contributed by atoms with Gasteiger partial charge in [-0.15, -0.1) is 0 Å². The predicted molar refractivity (Wildman–Crippen MR) is 136 cm³/mol. The van der Waals surface area contributed by atoms with Crippen LogP contribution in [0.3, 0.4) is 0 Å². The molecule has 0 amide bonds. The number of esters is 2. The van der Waals surface area contributed by atoms with Crippen LogP contribution in [0.15, 0.2) is 82.0 Å². The van der Waals surface area contributed by atoms with Crippen LogP contribution in [-0.4, -0.2) is 45.1 Å². The van der Waals surface area contributed by atoms with Gasteiger partial charge in [0.15, 0.2) is 0 Å². The highest BCUT2D eigenvalue weighted by Crippen LogP contribution is 2.42. The molecule has 0 saturated carbocycles. The van der Waals surface area contributed by atoms with Crippen molar-refractivity contribution < 1.29 is 27.5 Å². The molecular formula is C26H31N3O6S. The van der Waals surface area contributed by atoms with Gasteiger partial charge in [-0.1, -0.05) is 30.3 Å². The Morgan fingerprint density at radius 2 is 1.39 bits per heavy atom. The van der Waals surface area contributed by atoms with E-state index in [-0.39, 0.29) is 24.8 Å². The summed E-state index contributed by atoms with van der Waals surface area (Å²) in [5.41, 5.74) is 3.35. The van der Waals surface area contributed by atoms with Crippen molar-refractivity contribution >= 4 is 27.6 Å². The zero-order chi connectivity index (χ0) is 26.5. The van der Waals surface area contributed by atoms with E-state index in [4.69, 9.17) is 14.6 Å². The maximum Gasteiger partial charge on any atom is 0.336 e. The summed E-state index contributed by atoms with van der Waals surface area (Å²) >= 11 is 0. The van der Waals surface area contributed by atoms with Crippen LogP contribution in [0.25, 0.3) is 0 Å². The van der Waals surface area contributed by atoms with Gasteiger partial charge in [0.2, 0.25) is 10.0 Å². The molecule has 0 aliphatic carbocycles. The normalized spacial score (nSPS) is 14.6. The number of hydrogen-bond donors (Lipinski definition) is 2. The zero-order valence-electron chi connectivity index (χ0n) is 20.8. The van der Waals surface area contributed by atoms with E-state index in [0.717, 1.165) is 5.56 Å². The molecule has 36 heavy (non-hydrogen) atoms. The molecule has 1 heterocycles. The maximum atomic E-state index is 13.2. The number of benzene rings is 2. The molecule has 0 saturated heterocycles. The number of nitrogens with zero attached hydrogens (tertiary/aromatic N) is 1. The number of allylic oxidation sites excluding steroid dienone is 2. The van der Waals surface area contributed by atoms with E-state index in [1.54, 1.807) is 39.8 Å². The molecule has 0 bridgehead atoms. The third-order valence-corrected chi connectivity index (χ3v) is 6.84. The maximum absolute atomic E-state index is 13.2. The van der Waals surface area contributed by atoms with Gasteiger partial charge in [0.05, 0.1) is 41.8 Å². The quantitative estimate of drug-likeness (QED) is 0.488. The predicted octanol–water partition coefficient (Wildman–Crippen LogP) is 3.48. The van der Waals surface area contributed by atoms with Crippen LogP contribution in [0.2, 0.25) is 0 Å². The summed E-state index contributed by atoms with van der Waals surface area (Å²) in [5.74, 6) is -1.68. The van der Waals surface area contributed by atoms with Gasteiger partial charge < -0.3 is 19.7 Å². The van der Waals surface area contributed by atoms with Gasteiger partial charge in [-0.3, -0.25) is 0 Å². The average molecular weight is 514 g/mol. The summed E-state index contributed by atoms with van der Waals surface area (Å²) in [5, 5.41) is 8.38. The highest BCUT2D eigenvalue weighted by molar-refractivity contribution is 7.89. The molecule has 0 atom stereocenters. The fourth-order valence-electron chi connectivity index (χ4n) is 4.20. The monoisotopic (exact) mass is 513 g/mol. The number of primary sulfonamides is 1. The Hall–Kier alpha value is -3.63. The van der Waals surface area contributed by atoms with Gasteiger partial charge in [0, 0.05) is 17.1 Å². The van der Waals surface area contributed by atoms with Gasteiger partial charge >= 0.3 is 11.9 Å². The molecule has 1 aliphatic rings. The molecule has 192 valence electrons. The van der Waals surface area contributed by atoms with Crippen LogP contribution < -0.4 is 10.5 Å². The molecule has 0 fully saturated rings. The van der Waals surface area contributed by atoms with Crippen LogP contribution >= 0.6 is 0 Å². The van der Waals surface area contributed by atoms with Crippen molar-refractivity contribution in [2.45, 2.75) is 38.5 Å². The standard InChI is InChI=1S/C26H31N3O6S/c1-5-34-25(30)22-17(3)29(16-28-20-12-14-21(15-13-20)36(27,32)33)18(4)23(26(31)35-6-2)24(22)19-10-8-7-9-11-19/h7-15,24,28H,5-6,16H2,1-4H3,(H2,27,32,33). The van der Waals surface area contributed by atoms with Gasteiger partial charge in [0.25, 0.3) is 0 Å². The van der Waals surface area contributed by atoms with Crippen LogP contribution in [0.5, 0.6) is 0 Å². The summed E-state index contributed by atoms with van der Waals surface area (Å²) in [4.78, 5) is 28.2. The molecule has 2 aromatic rings. The first kappa shape index (κ1) is 27.0. The summed E-state index contributed by atoms with van der Waals surface area (Å²) in [6.45, 7) is 7.63. The zero-order valence-corrected chi connectivity index (χ0v) is 21.6. The first-order valence-electron chi connectivity index (χ1n) is 11.5. The number of nitrogens with one attached hydrogen (secondary N) is 1. The van der Waals surface area contributed by atoms with E-state index in [1.165, 1.54) is 12.1 Å². The summed E-state index contributed by atoms with van der Waals surface area (Å²) in [6.07, 6.45) is 0. The Labute approximate surface area is 211 Å². The highest BCUT2D eigenvalue weighted by Gasteiger charge is 2.40. The smallest absolute Gasteiger partial charge is 0.336 e. The highest BCUT2D eigenvalue weighted by atomic mass is 32.2. The minimum absolute atomic E-state index is 0.00178. The van der Waals surface area contributed by atoms with Gasteiger partial charge in [-0.25, -0.2) is 23.1 Å². The van der Waals surface area contributed by atoms with E-state index >= 15 is 0 Å². The number of ether oxygens (including phenoxy) is 2. The molecule has 10 heteroatoms. The first-order valence-corrected chi connectivity index (χ1v) is 13.1. The van der Waals surface area contributed by atoms with E-state index in [1.807, 2.05) is 35.2 Å². The van der Waals surface area contributed by atoms with E-state index in [0.29, 0.717) is 28.2 Å². The molecule has 0 radical (unpaired) electrons. The van der Waals surface area contributed by atoms with Crippen LogP contribution in [0, 0.1) is 0 Å². The average Bonchev–Trinajstić information content (AvgIpc) is 2.84. The third kappa shape index (κ3) is 5.77. The minimum Gasteiger partial charge on any atom is -0.463 e. The van der Waals surface area contributed by atoms with Crippen LogP contribution in [-0.2, 0) is 29.1 Å². The molecule has 3 rings (SSSR count). The summed E-state index contributed by atoms with van der Waals surface area (Å²) < 4.78 is 33.9. The van der Waals surface area contributed by atoms with Gasteiger partial charge in [-0.2, -0.15) is 0 Å². The lowest BCUT2D eigenvalue weighted by Crippen LogP contribution is -2.37. The van der Waals surface area contributed by atoms with Crippen molar-refractivity contribution in [3.8, 4) is 0 Å². The number of rotatable bonds is 9. The van der Waals surface area contributed by atoms with E-state index < -0.39 is 27.9 Å². The Balaban J connectivity index is 2.07. The summed E-state index contributed by atoms with van der Waals surface area (Å²) in [6, 6.07) is 15.3. The molecule has 0 unspecified atom stereocenters. The fourth-order valence-corrected chi connectivity index (χ4v) is 4.72. The Kier molecular flexibility index (Phi) is 8.54. The number of carbonyl (C=O) groups is 2. The van der Waals surface area contributed by atoms with Crippen molar-refractivity contribution in [1.82, 2.24) is 4.90 Å². The number of anilines is 1. The van der Waals surface area contributed by atoms with Crippen molar-refractivity contribution in [3.63, 3.8) is 0 Å². The Morgan fingerprint density at radius 3 is 1.83 bits per heavy atom. The van der Waals surface area contributed by atoms with Crippen molar-refractivity contribution in [2.75, 3.05) is 25.2 Å². The SMILES string of the molecule is CCOC(=O)C1=C(C)N(CNc2ccc(S(N)(=O)=O)cc2)C(C)=C(C(=O)OCC)C1c1ccccc1. The van der Waals surface area contributed by atoms with Gasteiger partial charge in [-0.05, 0) is 57.5 Å². The lowest BCUT2D eigenvalue weighted by atomic mass is 9.80. The number of sulfonamides is 1. The molecular weight excluding hydrogens is 482 g/mol. The van der Waals surface area contributed by atoms with Crippen molar-refractivity contribution in [3.05, 3.63) is 82.7 Å². The minimum atomic E-state index is -3.81. The molecule has 0 aromatic heterocycles. The van der Waals surface area contributed by atoms with Crippen LogP contribution in [0.4, 0.5) is 5.69 Å². The molecule has 0 spiro atoms. The van der Waals surface area contributed by atoms with Gasteiger partial charge in [0.1, 0.15) is 0 Å². The molecule has 3 N–H and O–H groups in total. The second-order valence-electron chi connectivity index (χ2n) is 8.12. The van der Waals surface area contributed by atoms with Crippen LogP contribution in [0.1, 0.15) is 39.2 Å². The topological polar surface area (TPSA) is 128 Å². The lowest BCUT2D eigenvalue weighted by Gasteiger charge is -2.38. The third-order valence-electron chi connectivity index (χ3n) is 5.91. The number of nitrogens with two attached hydrogens (primary N) is 1. The van der Waals surface area contributed by atoms with Crippen molar-refractivity contribution in [1.29, 1.82) is 0 Å². The number of hydrogen-bond acceptors (Lipinski definition) is 8.